The van der Waals surface area contributed by atoms with E-state index in [-0.39, 0.29) is 0 Å². The Bertz CT molecular complexity index is 462. The van der Waals surface area contributed by atoms with Gasteiger partial charge in [0.1, 0.15) is 0 Å². The third kappa shape index (κ3) is 3.45. The zero-order chi connectivity index (χ0) is 14.2. The lowest BCUT2D eigenvalue weighted by atomic mass is 9.98. The molecule has 1 aliphatic rings. The van der Waals surface area contributed by atoms with E-state index >= 15 is 0 Å². The first-order valence-electron chi connectivity index (χ1n) is 6.05. The van der Waals surface area contributed by atoms with Crippen molar-refractivity contribution in [1.29, 1.82) is 0 Å². The molecule has 0 spiro atoms. The maximum absolute atomic E-state index is 12.6. The molecular formula is C13H14Br2F3N. The lowest BCUT2D eigenvalue weighted by Gasteiger charge is -2.36. The molecule has 0 saturated carbocycles. The molecule has 0 bridgehead atoms. The van der Waals surface area contributed by atoms with Crippen molar-refractivity contribution in [3.63, 3.8) is 0 Å². The summed E-state index contributed by atoms with van der Waals surface area (Å²) >= 11 is 6.88. The number of hydrogen-bond donors (Lipinski definition) is 0. The van der Waals surface area contributed by atoms with Crippen LogP contribution >= 0.6 is 31.9 Å². The Morgan fingerprint density at radius 3 is 2.53 bits per heavy atom. The number of halogens is 5. The highest BCUT2D eigenvalue weighted by molar-refractivity contribution is 9.10. The van der Waals surface area contributed by atoms with Gasteiger partial charge in [-0.05, 0) is 46.5 Å². The van der Waals surface area contributed by atoms with Crippen LogP contribution < -0.4 is 4.90 Å². The zero-order valence-electron chi connectivity index (χ0n) is 10.3. The van der Waals surface area contributed by atoms with Gasteiger partial charge in [-0.25, -0.2) is 0 Å². The zero-order valence-corrected chi connectivity index (χ0v) is 13.5. The Morgan fingerprint density at radius 1 is 1.32 bits per heavy atom. The summed E-state index contributed by atoms with van der Waals surface area (Å²) in [6.07, 6.45) is -3.27. The molecule has 1 nitrogen and oxygen atoms in total. The molecule has 1 aromatic rings. The Morgan fingerprint density at radius 2 is 2.00 bits per heavy atom. The molecule has 1 saturated heterocycles. The van der Waals surface area contributed by atoms with Gasteiger partial charge in [-0.2, -0.15) is 13.2 Å². The Labute approximate surface area is 127 Å². The van der Waals surface area contributed by atoms with Crippen LogP contribution in [0.25, 0.3) is 0 Å². The first-order valence-corrected chi connectivity index (χ1v) is 7.75. The van der Waals surface area contributed by atoms with Crippen molar-refractivity contribution in [3.05, 3.63) is 28.2 Å². The van der Waals surface area contributed by atoms with Gasteiger partial charge in [0, 0.05) is 22.4 Å². The normalized spacial score (nSPS) is 24.6. The number of nitrogens with zero attached hydrogens (tertiary/aromatic N) is 1. The molecule has 2 unspecified atom stereocenters. The number of hydrogen-bond acceptors (Lipinski definition) is 1. The van der Waals surface area contributed by atoms with Crippen molar-refractivity contribution in [2.24, 2.45) is 5.92 Å². The number of alkyl halides is 4. The maximum Gasteiger partial charge on any atom is 0.416 e. The lowest BCUT2D eigenvalue weighted by molar-refractivity contribution is -0.137. The van der Waals surface area contributed by atoms with Gasteiger partial charge in [0.2, 0.25) is 0 Å². The van der Waals surface area contributed by atoms with Crippen LogP contribution in [-0.2, 0) is 6.18 Å². The van der Waals surface area contributed by atoms with Crippen molar-refractivity contribution in [2.45, 2.75) is 24.3 Å². The van der Waals surface area contributed by atoms with E-state index in [0.29, 0.717) is 15.2 Å². The first kappa shape index (κ1) is 15.2. The molecule has 0 N–H and O–H groups in total. The van der Waals surface area contributed by atoms with Crippen LogP contribution in [0.3, 0.4) is 0 Å². The second-order valence-corrected chi connectivity index (χ2v) is 6.92. The van der Waals surface area contributed by atoms with Gasteiger partial charge in [-0.3, -0.25) is 0 Å². The minimum atomic E-state index is -4.30. The fourth-order valence-corrected chi connectivity index (χ4v) is 3.42. The molecule has 2 rings (SSSR count). The van der Waals surface area contributed by atoms with Crippen LogP contribution in [0.1, 0.15) is 18.9 Å². The van der Waals surface area contributed by atoms with Gasteiger partial charge in [0.25, 0.3) is 0 Å². The van der Waals surface area contributed by atoms with Crippen LogP contribution in [0.4, 0.5) is 18.9 Å². The Hall–Kier alpha value is -0.230. The molecule has 2 atom stereocenters. The minimum Gasteiger partial charge on any atom is -0.369 e. The van der Waals surface area contributed by atoms with Crippen LogP contribution in [0.15, 0.2) is 22.7 Å². The topological polar surface area (TPSA) is 3.24 Å². The van der Waals surface area contributed by atoms with Crippen LogP contribution in [0.2, 0.25) is 0 Å². The molecule has 1 aliphatic heterocycles. The molecule has 106 valence electrons. The van der Waals surface area contributed by atoms with Crippen LogP contribution in [-0.4, -0.2) is 17.9 Å². The van der Waals surface area contributed by atoms with Gasteiger partial charge in [-0.1, -0.05) is 22.9 Å². The monoisotopic (exact) mass is 399 g/mol. The lowest BCUT2D eigenvalue weighted by Crippen LogP contribution is -2.40. The predicted octanol–water partition coefficient (Wildman–Crippen LogP) is 5.08. The molecule has 0 aromatic heterocycles. The quantitative estimate of drug-likeness (QED) is 0.594. The second kappa shape index (κ2) is 5.64. The highest BCUT2D eigenvalue weighted by Gasteiger charge is 2.32. The van der Waals surface area contributed by atoms with Gasteiger partial charge in [0.05, 0.1) is 11.3 Å². The number of benzene rings is 1. The molecule has 6 heteroatoms. The summed E-state index contributed by atoms with van der Waals surface area (Å²) in [7, 11) is 0. The summed E-state index contributed by atoms with van der Waals surface area (Å²) in [5, 5.41) is 0. The van der Waals surface area contributed by atoms with E-state index in [1.54, 1.807) is 6.07 Å². The summed E-state index contributed by atoms with van der Waals surface area (Å²) in [5.41, 5.74) is 0.202. The highest BCUT2D eigenvalue weighted by Crippen LogP contribution is 2.37. The molecule has 0 aliphatic carbocycles. The number of anilines is 1. The molecule has 0 amide bonds. The van der Waals surface area contributed by atoms with Crippen molar-refractivity contribution < 1.29 is 13.2 Å². The third-order valence-corrected chi connectivity index (χ3v) is 5.31. The number of piperidine rings is 1. The van der Waals surface area contributed by atoms with Crippen molar-refractivity contribution in [3.8, 4) is 0 Å². The van der Waals surface area contributed by atoms with E-state index in [1.165, 1.54) is 0 Å². The van der Waals surface area contributed by atoms with E-state index < -0.39 is 11.7 Å². The highest BCUT2D eigenvalue weighted by atomic mass is 79.9. The smallest absolute Gasteiger partial charge is 0.369 e. The van der Waals surface area contributed by atoms with Gasteiger partial charge < -0.3 is 4.90 Å². The van der Waals surface area contributed by atoms with E-state index in [2.05, 4.69) is 43.7 Å². The van der Waals surface area contributed by atoms with E-state index in [0.717, 1.165) is 37.3 Å². The van der Waals surface area contributed by atoms with E-state index in [1.807, 2.05) is 0 Å². The van der Waals surface area contributed by atoms with Crippen LogP contribution in [0, 0.1) is 5.92 Å². The first-order chi connectivity index (χ1) is 8.79. The predicted molar refractivity (Wildman–Crippen MR) is 77.9 cm³/mol. The molecule has 1 aromatic carbocycles. The molecule has 19 heavy (non-hydrogen) atoms. The fourth-order valence-electron chi connectivity index (χ4n) is 2.18. The molecule has 1 heterocycles. The summed E-state index contributed by atoms with van der Waals surface area (Å²) in [6, 6.07) is 3.83. The molecule has 1 fully saturated rings. The Balaban J connectivity index is 2.22. The van der Waals surface area contributed by atoms with E-state index in [9.17, 15) is 13.2 Å². The summed E-state index contributed by atoms with van der Waals surface area (Å²) in [6.45, 7) is 3.86. The summed E-state index contributed by atoms with van der Waals surface area (Å²) < 4.78 is 38.3. The SMILES string of the molecule is CC1CCN(c2ccc(C(F)(F)F)cc2Br)CC1Br. The molecule has 0 radical (unpaired) electrons. The average Bonchev–Trinajstić information content (AvgIpc) is 2.31. The maximum atomic E-state index is 12.6. The van der Waals surface area contributed by atoms with Crippen LogP contribution in [0.5, 0.6) is 0 Å². The largest absolute Gasteiger partial charge is 0.416 e. The Kier molecular flexibility index (Phi) is 4.50. The third-order valence-electron chi connectivity index (χ3n) is 3.48. The van der Waals surface area contributed by atoms with Gasteiger partial charge in [-0.15, -0.1) is 0 Å². The summed E-state index contributed by atoms with van der Waals surface area (Å²) in [5.74, 6) is 0.587. The fraction of sp³-hybridized carbons (Fsp3) is 0.538. The van der Waals surface area contributed by atoms with Crippen molar-refractivity contribution >= 4 is 37.5 Å². The average molecular weight is 401 g/mol. The standard InChI is InChI=1S/C13H14Br2F3N/c1-8-4-5-19(7-11(8)15)12-3-2-9(6-10(12)14)13(16,17)18/h2-3,6,8,11H,4-5,7H2,1H3. The van der Waals surface area contributed by atoms with Gasteiger partial charge >= 0.3 is 6.18 Å². The number of rotatable bonds is 1. The van der Waals surface area contributed by atoms with E-state index in [4.69, 9.17) is 0 Å². The summed E-state index contributed by atoms with van der Waals surface area (Å²) in [4.78, 5) is 2.49. The van der Waals surface area contributed by atoms with Gasteiger partial charge in [0.15, 0.2) is 0 Å². The second-order valence-electron chi connectivity index (χ2n) is 4.89. The minimum absolute atomic E-state index is 0.371. The van der Waals surface area contributed by atoms with Crippen molar-refractivity contribution in [1.82, 2.24) is 0 Å². The molecular weight excluding hydrogens is 387 g/mol. The van der Waals surface area contributed by atoms with Crippen molar-refractivity contribution in [2.75, 3.05) is 18.0 Å².